The summed E-state index contributed by atoms with van der Waals surface area (Å²) in [6.45, 7) is 23.4. The van der Waals surface area contributed by atoms with Gasteiger partial charge in [-0.15, -0.1) is 40.5 Å². The van der Waals surface area contributed by atoms with E-state index in [1.807, 2.05) is 58.9 Å². The van der Waals surface area contributed by atoms with Crippen molar-refractivity contribution in [3.05, 3.63) is 101 Å². The molecule has 1 N–H and O–H groups in total. The summed E-state index contributed by atoms with van der Waals surface area (Å²) in [5.41, 5.74) is 7.01. The molecular formula is C48H58IrNO3S-. The Morgan fingerprint density at radius 2 is 1.54 bits per heavy atom. The SMILES string of the molecule is CC(C)Cc1csc2cc(-c3cc(-c4[c-]c5ccccc5c(C(C)(C)C)c4)nc4occc34)ccc12.CCC(C)(CC)C(=O)/C=C(\O)C(C)(CC)CC.[Ir]. The molecular weight excluding hydrogens is 863 g/mol. The Balaban J connectivity index is 0.000000309. The summed E-state index contributed by atoms with van der Waals surface area (Å²) < 4.78 is 7.16. The number of aromatic nitrogens is 1. The zero-order valence-electron chi connectivity index (χ0n) is 34.1. The third-order valence-corrected chi connectivity index (χ3v) is 12.5. The van der Waals surface area contributed by atoms with Gasteiger partial charge >= 0.3 is 0 Å². The number of ketones is 1. The van der Waals surface area contributed by atoms with Gasteiger partial charge in [-0.25, -0.2) is 0 Å². The number of thiophene rings is 1. The summed E-state index contributed by atoms with van der Waals surface area (Å²) in [7, 11) is 0. The summed E-state index contributed by atoms with van der Waals surface area (Å²) in [5.74, 6) is 0.931. The largest absolute Gasteiger partial charge is 0.512 e. The van der Waals surface area contributed by atoms with E-state index in [1.165, 1.54) is 38.2 Å². The number of pyridine rings is 1. The number of hydrogen-bond acceptors (Lipinski definition) is 5. The maximum absolute atomic E-state index is 12.2. The first-order valence-corrected chi connectivity index (χ1v) is 20.3. The van der Waals surface area contributed by atoms with Gasteiger partial charge in [0.25, 0.3) is 0 Å². The predicted octanol–water partition coefficient (Wildman–Crippen LogP) is 14.5. The quantitative estimate of drug-likeness (QED) is 0.0799. The molecule has 0 aliphatic carbocycles. The third kappa shape index (κ3) is 9.10. The number of rotatable bonds is 11. The minimum absolute atomic E-state index is 0. The van der Waals surface area contributed by atoms with E-state index in [4.69, 9.17) is 9.40 Å². The van der Waals surface area contributed by atoms with Gasteiger partial charge < -0.3 is 9.52 Å². The number of aliphatic hydroxyl groups excluding tert-OH is 1. The van der Waals surface area contributed by atoms with Crippen LogP contribution in [-0.2, 0) is 36.7 Å². The number of allylic oxidation sites excluding steroid dienone is 2. The Kier molecular flexibility index (Phi) is 14.0. The van der Waals surface area contributed by atoms with Crippen LogP contribution in [0.5, 0.6) is 0 Å². The molecule has 0 atom stereocenters. The number of carbonyl (C=O) groups is 1. The van der Waals surface area contributed by atoms with Gasteiger partial charge in [-0.2, -0.15) is 0 Å². The fraction of sp³-hybridized carbons (Fsp3) is 0.417. The molecule has 54 heavy (non-hydrogen) atoms. The number of benzene rings is 3. The van der Waals surface area contributed by atoms with E-state index < -0.39 is 0 Å². The second kappa shape index (κ2) is 17.5. The minimum Gasteiger partial charge on any atom is -0.512 e. The van der Waals surface area contributed by atoms with Crippen LogP contribution in [0.4, 0.5) is 0 Å². The molecule has 289 valence electrons. The number of hydrogen-bond donors (Lipinski definition) is 1. The normalized spacial score (nSPS) is 12.6. The second-order valence-corrected chi connectivity index (χ2v) is 17.5. The van der Waals surface area contributed by atoms with Gasteiger partial charge in [0, 0.05) is 52.8 Å². The topological polar surface area (TPSA) is 63.3 Å². The maximum Gasteiger partial charge on any atom is 0.219 e. The molecule has 0 saturated heterocycles. The first-order chi connectivity index (χ1) is 25.1. The Labute approximate surface area is 340 Å². The molecule has 0 spiro atoms. The van der Waals surface area contributed by atoms with Crippen molar-refractivity contribution in [1.29, 1.82) is 0 Å². The first-order valence-electron chi connectivity index (χ1n) is 19.4. The molecule has 6 aromatic rings. The van der Waals surface area contributed by atoms with Gasteiger partial charge in [-0.05, 0) is 83.0 Å². The van der Waals surface area contributed by atoms with Crippen LogP contribution in [0, 0.1) is 22.8 Å². The van der Waals surface area contributed by atoms with Crippen LogP contribution >= 0.6 is 11.3 Å². The molecule has 3 heterocycles. The van der Waals surface area contributed by atoms with Gasteiger partial charge in [0.15, 0.2) is 5.78 Å². The fourth-order valence-electron chi connectivity index (χ4n) is 6.85. The van der Waals surface area contributed by atoms with Gasteiger partial charge in [0.1, 0.15) is 5.76 Å². The number of aliphatic hydroxyl groups is 1. The molecule has 0 amide bonds. The van der Waals surface area contributed by atoms with E-state index in [2.05, 4.69) is 101 Å². The van der Waals surface area contributed by atoms with Crippen molar-refractivity contribution in [1.82, 2.24) is 4.98 Å². The van der Waals surface area contributed by atoms with Crippen LogP contribution in [0.3, 0.4) is 0 Å². The van der Waals surface area contributed by atoms with Crippen LogP contribution < -0.4 is 0 Å². The summed E-state index contributed by atoms with van der Waals surface area (Å²) in [4.78, 5) is 17.1. The van der Waals surface area contributed by atoms with Crippen molar-refractivity contribution < 1.29 is 34.4 Å². The summed E-state index contributed by atoms with van der Waals surface area (Å²) >= 11 is 1.83. The molecule has 1 radical (unpaired) electrons. The zero-order chi connectivity index (χ0) is 38.7. The van der Waals surface area contributed by atoms with Gasteiger partial charge in [0.2, 0.25) is 5.71 Å². The minimum atomic E-state index is -0.337. The number of nitrogens with zero attached hydrogens (tertiary/aromatic N) is 1. The van der Waals surface area contributed by atoms with E-state index in [1.54, 1.807) is 6.26 Å². The Morgan fingerprint density at radius 1 is 0.870 bits per heavy atom. The van der Waals surface area contributed by atoms with Crippen molar-refractivity contribution in [2.75, 3.05) is 0 Å². The Morgan fingerprint density at radius 3 is 2.17 bits per heavy atom. The van der Waals surface area contributed by atoms with Crippen molar-refractivity contribution in [2.24, 2.45) is 16.7 Å². The van der Waals surface area contributed by atoms with Crippen molar-refractivity contribution in [3.63, 3.8) is 0 Å². The molecule has 0 saturated carbocycles. The molecule has 0 unspecified atom stereocenters. The monoisotopic (exact) mass is 921 g/mol. The van der Waals surface area contributed by atoms with Crippen LogP contribution in [0.1, 0.15) is 113 Å². The summed E-state index contributed by atoms with van der Waals surface area (Å²) in [6, 6.07) is 25.5. The average molecular weight is 921 g/mol. The van der Waals surface area contributed by atoms with Crippen LogP contribution in [0.15, 0.2) is 88.6 Å². The van der Waals surface area contributed by atoms with E-state index in [-0.39, 0.29) is 47.9 Å². The number of carbonyl (C=O) groups excluding carboxylic acids is 1. The Bertz CT molecular complexity index is 2240. The molecule has 0 aliphatic heterocycles. The zero-order valence-corrected chi connectivity index (χ0v) is 37.3. The average Bonchev–Trinajstić information content (AvgIpc) is 3.79. The molecule has 4 nitrogen and oxygen atoms in total. The first kappa shape index (κ1) is 43.2. The summed E-state index contributed by atoms with van der Waals surface area (Å²) in [5, 5.41) is 17.2. The second-order valence-electron chi connectivity index (χ2n) is 16.6. The maximum atomic E-state index is 12.2. The smallest absolute Gasteiger partial charge is 0.219 e. The molecule has 6 heteroatoms. The third-order valence-electron chi connectivity index (χ3n) is 11.5. The molecule has 3 aromatic carbocycles. The summed E-state index contributed by atoms with van der Waals surface area (Å²) in [6.07, 6.45) is 7.60. The Hall–Kier alpha value is -3.57. The van der Waals surface area contributed by atoms with Crippen LogP contribution in [-0.4, -0.2) is 15.9 Å². The van der Waals surface area contributed by atoms with Crippen LogP contribution in [0.25, 0.3) is 54.3 Å². The van der Waals surface area contributed by atoms with Crippen molar-refractivity contribution >= 4 is 49.1 Å². The standard InChI is InChI=1S/C33H30NOS.C15H28O2.Ir/c1-20(2)14-24-19-36-31-17-22(10-11-26(24)31)28-18-30(34-32-27(28)12-13-35-32)23-15-21-8-6-7-9-25(21)29(16-23)33(3,4)5;1-7-14(5,8-2)12(16)11-13(17)15(6,9-3)10-4;/h6-13,16-20H,14H2,1-5H3;11,16H,7-10H2,1-6H3;/q-1;;/b;12-11-;. The number of furan rings is 1. The predicted molar refractivity (Wildman–Crippen MR) is 227 cm³/mol. The number of fused-ring (bicyclic) bond motifs is 3. The van der Waals surface area contributed by atoms with Crippen molar-refractivity contribution in [3.8, 4) is 22.4 Å². The van der Waals surface area contributed by atoms with Gasteiger partial charge in [-0.3, -0.25) is 9.78 Å². The molecule has 0 bridgehead atoms. The van der Waals surface area contributed by atoms with E-state index in [0.717, 1.165) is 59.7 Å². The molecule has 3 aromatic heterocycles. The van der Waals surface area contributed by atoms with Gasteiger partial charge in [-0.1, -0.05) is 124 Å². The van der Waals surface area contributed by atoms with E-state index in [9.17, 15) is 9.90 Å². The van der Waals surface area contributed by atoms with Gasteiger partial charge in [0.05, 0.1) is 6.26 Å². The molecule has 0 aliphatic rings. The van der Waals surface area contributed by atoms with E-state index in [0.29, 0.717) is 11.6 Å². The molecule has 0 fully saturated rings. The van der Waals surface area contributed by atoms with Crippen molar-refractivity contribution in [2.45, 2.75) is 114 Å². The molecule has 6 rings (SSSR count). The fourth-order valence-corrected chi connectivity index (χ4v) is 7.86. The van der Waals surface area contributed by atoms with Crippen LogP contribution in [0.2, 0.25) is 0 Å². The van der Waals surface area contributed by atoms with E-state index >= 15 is 0 Å².